The molecular weight excluding hydrogens is 409 g/mol. The predicted octanol–water partition coefficient (Wildman–Crippen LogP) is 3.86. The minimum atomic E-state index is -0.531. The van der Waals surface area contributed by atoms with Gasteiger partial charge in [0.1, 0.15) is 5.82 Å². The molecule has 0 atom stereocenters. The molecule has 0 saturated carbocycles. The highest BCUT2D eigenvalue weighted by molar-refractivity contribution is 6.33. The van der Waals surface area contributed by atoms with Gasteiger partial charge in [-0.2, -0.15) is 0 Å². The average molecular weight is 432 g/mol. The van der Waals surface area contributed by atoms with Crippen LogP contribution in [0.3, 0.4) is 0 Å². The van der Waals surface area contributed by atoms with Gasteiger partial charge in [-0.05, 0) is 55.7 Å². The van der Waals surface area contributed by atoms with Gasteiger partial charge in [0.05, 0.1) is 10.6 Å². The third kappa shape index (κ3) is 5.79. The Morgan fingerprint density at radius 2 is 1.80 bits per heavy atom. The van der Waals surface area contributed by atoms with Gasteiger partial charge < -0.3 is 15.5 Å². The zero-order valence-corrected chi connectivity index (χ0v) is 17.2. The van der Waals surface area contributed by atoms with E-state index in [0.29, 0.717) is 11.3 Å². The first-order valence-corrected chi connectivity index (χ1v) is 10.2. The lowest BCUT2D eigenvalue weighted by atomic mass is 10.1. The second kappa shape index (κ2) is 10.2. The number of nitrogens with zero attached hydrogens (tertiary/aromatic N) is 1. The van der Waals surface area contributed by atoms with Crippen LogP contribution in [-0.4, -0.2) is 42.3 Å². The SMILES string of the molecule is O=C(CCNC(=O)c1ccc(F)cc1Cl)Nc1cccc(C(=O)N2CCCCC2)c1. The number of halogens is 2. The van der Waals surface area contributed by atoms with Crippen molar-refractivity contribution in [1.29, 1.82) is 0 Å². The summed E-state index contributed by atoms with van der Waals surface area (Å²) in [6.07, 6.45) is 3.20. The molecule has 2 N–H and O–H groups in total. The molecule has 30 heavy (non-hydrogen) atoms. The van der Waals surface area contributed by atoms with E-state index in [1.807, 2.05) is 4.90 Å². The first kappa shape index (κ1) is 21.8. The maximum Gasteiger partial charge on any atom is 0.253 e. The molecule has 2 aromatic rings. The van der Waals surface area contributed by atoms with Crippen LogP contribution in [-0.2, 0) is 4.79 Å². The first-order valence-electron chi connectivity index (χ1n) is 9.86. The van der Waals surface area contributed by atoms with E-state index in [1.54, 1.807) is 24.3 Å². The van der Waals surface area contributed by atoms with Crippen molar-refractivity contribution in [2.75, 3.05) is 25.0 Å². The fourth-order valence-electron chi connectivity index (χ4n) is 3.29. The minimum absolute atomic E-state index is 0.00661. The van der Waals surface area contributed by atoms with Gasteiger partial charge in [0, 0.05) is 37.3 Å². The lowest BCUT2D eigenvalue weighted by molar-refractivity contribution is -0.116. The van der Waals surface area contributed by atoms with E-state index < -0.39 is 11.7 Å². The van der Waals surface area contributed by atoms with E-state index >= 15 is 0 Å². The highest BCUT2D eigenvalue weighted by Gasteiger charge is 2.18. The van der Waals surface area contributed by atoms with Crippen LogP contribution in [0.25, 0.3) is 0 Å². The van der Waals surface area contributed by atoms with E-state index in [9.17, 15) is 18.8 Å². The van der Waals surface area contributed by atoms with Gasteiger partial charge in [-0.25, -0.2) is 4.39 Å². The van der Waals surface area contributed by atoms with Crippen LogP contribution >= 0.6 is 11.6 Å². The standard InChI is InChI=1S/C22H23ClFN3O3/c23-19-14-16(24)7-8-18(19)21(29)25-10-9-20(28)26-17-6-4-5-15(13-17)22(30)27-11-2-1-3-12-27/h4-8,13-14H,1-3,9-12H2,(H,25,29)(H,26,28). The van der Waals surface area contributed by atoms with Gasteiger partial charge >= 0.3 is 0 Å². The molecule has 8 heteroatoms. The van der Waals surface area contributed by atoms with Crippen molar-refractivity contribution in [2.24, 2.45) is 0 Å². The number of carbonyl (C=O) groups is 3. The lowest BCUT2D eigenvalue weighted by Crippen LogP contribution is -2.35. The number of amides is 3. The molecule has 3 rings (SSSR count). The number of hydrogen-bond donors (Lipinski definition) is 2. The zero-order chi connectivity index (χ0) is 21.5. The summed E-state index contributed by atoms with van der Waals surface area (Å²) in [6, 6.07) is 10.3. The molecular formula is C22H23ClFN3O3. The average Bonchev–Trinajstić information content (AvgIpc) is 2.74. The largest absolute Gasteiger partial charge is 0.351 e. The topological polar surface area (TPSA) is 78.5 Å². The third-order valence-electron chi connectivity index (χ3n) is 4.85. The fraction of sp³-hybridized carbons (Fsp3) is 0.318. The summed E-state index contributed by atoms with van der Waals surface area (Å²) < 4.78 is 13.1. The molecule has 2 aromatic carbocycles. The van der Waals surface area contributed by atoms with Crippen LogP contribution in [0.15, 0.2) is 42.5 Å². The maximum atomic E-state index is 13.1. The van der Waals surface area contributed by atoms with Crippen LogP contribution in [0, 0.1) is 5.82 Å². The second-order valence-electron chi connectivity index (χ2n) is 7.11. The van der Waals surface area contributed by atoms with Crippen LogP contribution in [0.5, 0.6) is 0 Å². The van der Waals surface area contributed by atoms with Crippen molar-refractivity contribution in [3.05, 3.63) is 64.4 Å². The molecule has 6 nitrogen and oxygen atoms in total. The molecule has 0 spiro atoms. The van der Waals surface area contributed by atoms with Gasteiger partial charge in [-0.3, -0.25) is 14.4 Å². The van der Waals surface area contributed by atoms with Crippen LogP contribution in [0.4, 0.5) is 10.1 Å². The Morgan fingerprint density at radius 1 is 1.03 bits per heavy atom. The number of benzene rings is 2. The van der Waals surface area contributed by atoms with Crippen molar-refractivity contribution in [2.45, 2.75) is 25.7 Å². The van der Waals surface area contributed by atoms with Gasteiger partial charge in [0.2, 0.25) is 5.91 Å². The Labute approximate surface area is 179 Å². The molecule has 0 bridgehead atoms. The second-order valence-corrected chi connectivity index (χ2v) is 7.52. The van der Waals surface area contributed by atoms with E-state index in [0.717, 1.165) is 44.5 Å². The Morgan fingerprint density at radius 3 is 2.53 bits per heavy atom. The number of hydrogen-bond acceptors (Lipinski definition) is 3. The molecule has 0 unspecified atom stereocenters. The zero-order valence-electron chi connectivity index (χ0n) is 16.4. The highest BCUT2D eigenvalue weighted by atomic mass is 35.5. The van der Waals surface area contributed by atoms with Gasteiger partial charge in [-0.1, -0.05) is 17.7 Å². The molecule has 0 aromatic heterocycles. The molecule has 1 fully saturated rings. The Hall–Kier alpha value is -2.93. The number of anilines is 1. The van der Waals surface area contributed by atoms with Gasteiger partial charge in [0.15, 0.2) is 0 Å². The molecule has 158 valence electrons. The van der Waals surface area contributed by atoms with Crippen molar-refractivity contribution in [3.63, 3.8) is 0 Å². The number of piperidine rings is 1. The summed E-state index contributed by atoms with van der Waals surface area (Å²) in [4.78, 5) is 38.7. The molecule has 1 heterocycles. The van der Waals surface area contributed by atoms with E-state index in [-0.39, 0.29) is 35.4 Å². The summed E-state index contributed by atoms with van der Waals surface area (Å²) in [5, 5.41) is 5.32. The smallest absolute Gasteiger partial charge is 0.253 e. The summed E-state index contributed by atoms with van der Waals surface area (Å²) in [6.45, 7) is 1.60. The predicted molar refractivity (Wildman–Crippen MR) is 113 cm³/mol. The molecule has 1 aliphatic heterocycles. The molecule has 1 aliphatic rings. The minimum Gasteiger partial charge on any atom is -0.351 e. The number of carbonyl (C=O) groups excluding carboxylic acids is 3. The van der Waals surface area contributed by atoms with E-state index in [1.165, 1.54) is 6.07 Å². The van der Waals surface area contributed by atoms with Crippen LogP contribution in [0.2, 0.25) is 5.02 Å². The normalized spacial score (nSPS) is 13.6. The monoisotopic (exact) mass is 431 g/mol. The number of nitrogens with one attached hydrogen (secondary N) is 2. The Kier molecular flexibility index (Phi) is 7.41. The summed E-state index contributed by atoms with van der Waals surface area (Å²) in [7, 11) is 0. The molecule has 0 aliphatic carbocycles. The van der Waals surface area contributed by atoms with Crippen LogP contribution in [0.1, 0.15) is 46.4 Å². The number of likely N-dealkylation sites (tertiary alicyclic amines) is 1. The third-order valence-corrected chi connectivity index (χ3v) is 5.16. The number of rotatable bonds is 6. The quantitative estimate of drug-likeness (QED) is 0.728. The Balaban J connectivity index is 1.50. The summed E-state index contributed by atoms with van der Waals surface area (Å²) in [5.41, 5.74) is 1.20. The first-order chi connectivity index (χ1) is 14.4. The van der Waals surface area contributed by atoms with E-state index in [2.05, 4.69) is 10.6 Å². The molecule has 0 radical (unpaired) electrons. The summed E-state index contributed by atoms with van der Waals surface area (Å²) in [5.74, 6) is -1.35. The van der Waals surface area contributed by atoms with Gasteiger partial charge in [-0.15, -0.1) is 0 Å². The fourth-order valence-corrected chi connectivity index (χ4v) is 3.54. The lowest BCUT2D eigenvalue weighted by Gasteiger charge is -2.26. The van der Waals surface area contributed by atoms with Crippen molar-refractivity contribution >= 4 is 35.0 Å². The summed E-state index contributed by atoms with van der Waals surface area (Å²) >= 11 is 5.86. The van der Waals surface area contributed by atoms with Crippen LogP contribution < -0.4 is 10.6 Å². The Bertz CT molecular complexity index is 945. The molecule has 3 amide bonds. The van der Waals surface area contributed by atoms with Crippen molar-refractivity contribution < 1.29 is 18.8 Å². The highest BCUT2D eigenvalue weighted by Crippen LogP contribution is 2.18. The van der Waals surface area contributed by atoms with E-state index in [4.69, 9.17) is 11.6 Å². The molecule has 1 saturated heterocycles. The van der Waals surface area contributed by atoms with Crippen molar-refractivity contribution in [3.8, 4) is 0 Å². The van der Waals surface area contributed by atoms with Crippen molar-refractivity contribution in [1.82, 2.24) is 10.2 Å². The maximum absolute atomic E-state index is 13.1. The van der Waals surface area contributed by atoms with Gasteiger partial charge in [0.25, 0.3) is 11.8 Å².